The average Bonchev–Trinajstić information content (AvgIpc) is 2.76. The number of rotatable bonds is 3. The van der Waals surface area contributed by atoms with Crippen molar-refractivity contribution in [3.63, 3.8) is 0 Å². The molecule has 2 unspecified atom stereocenters. The van der Waals surface area contributed by atoms with Gasteiger partial charge in [-0.05, 0) is 38.8 Å². The number of nitriles is 1. The highest BCUT2D eigenvalue weighted by molar-refractivity contribution is 7.99. The second kappa shape index (κ2) is 5.03. The van der Waals surface area contributed by atoms with E-state index in [-0.39, 0.29) is 5.54 Å². The molecule has 5 heteroatoms. The Balaban J connectivity index is 1.98. The maximum atomic E-state index is 9.18. The van der Waals surface area contributed by atoms with Gasteiger partial charge >= 0.3 is 0 Å². The molecule has 1 aliphatic carbocycles. The van der Waals surface area contributed by atoms with Crippen LogP contribution in [0.3, 0.4) is 0 Å². The lowest BCUT2D eigenvalue weighted by atomic mass is 10.0. The molecule has 0 saturated heterocycles. The monoisotopic (exact) mass is 248 g/mol. The highest BCUT2D eigenvalue weighted by Crippen LogP contribution is 2.38. The van der Waals surface area contributed by atoms with Gasteiger partial charge in [0.25, 0.3) is 0 Å². The summed E-state index contributed by atoms with van der Waals surface area (Å²) >= 11 is 1.68. The van der Waals surface area contributed by atoms with E-state index in [1.54, 1.807) is 11.8 Å². The van der Waals surface area contributed by atoms with Crippen molar-refractivity contribution < 1.29 is 0 Å². The minimum absolute atomic E-state index is 0.345. The van der Waals surface area contributed by atoms with Crippen LogP contribution in [0.5, 0.6) is 0 Å². The Kier molecular flexibility index (Phi) is 3.65. The number of hydrogen-bond acceptors (Lipinski definition) is 5. The molecule has 17 heavy (non-hydrogen) atoms. The summed E-state index contributed by atoms with van der Waals surface area (Å²) < 4.78 is 0. The first-order valence-corrected chi connectivity index (χ1v) is 6.61. The van der Waals surface area contributed by atoms with Crippen LogP contribution in [0, 0.1) is 18.3 Å². The lowest BCUT2D eigenvalue weighted by Crippen LogP contribution is -2.38. The van der Waals surface area contributed by atoms with Crippen molar-refractivity contribution in [3.05, 3.63) is 18.0 Å². The first kappa shape index (κ1) is 12.3. The van der Waals surface area contributed by atoms with Crippen molar-refractivity contribution in [2.24, 2.45) is 0 Å². The van der Waals surface area contributed by atoms with Crippen molar-refractivity contribution >= 4 is 11.8 Å². The highest BCUT2D eigenvalue weighted by atomic mass is 32.2. The molecule has 1 aromatic heterocycles. The zero-order valence-corrected chi connectivity index (χ0v) is 10.9. The Labute approximate surface area is 106 Å². The van der Waals surface area contributed by atoms with E-state index in [0.717, 1.165) is 30.0 Å². The van der Waals surface area contributed by atoms with Crippen LogP contribution in [0.4, 0.5) is 0 Å². The Hall–Kier alpha value is -1.12. The van der Waals surface area contributed by atoms with E-state index in [4.69, 9.17) is 0 Å². The summed E-state index contributed by atoms with van der Waals surface area (Å²) in [6, 6.07) is 2.39. The Morgan fingerprint density at radius 1 is 1.53 bits per heavy atom. The molecular weight excluding hydrogens is 232 g/mol. The van der Waals surface area contributed by atoms with E-state index in [1.807, 2.05) is 26.4 Å². The number of hydrogen-bond donors (Lipinski definition) is 1. The van der Waals surface area contributed by atoms with Crippen molar-refractivity contribution in [3.8, 4) is 6.07 Å². The third-order valence-electron chi connectivity index (χ3n) is 3.19. The minimum Gasteiger partial charge on any atom is -0.302 e. The summed E-state index contributed by atoms with van der Waals surface area (Å²) in [5.74, 6) is 0. The van der Waals surface area contributed by atoms with Crippen LogP contribution in [-0.2, 0) is 0 Å². The molecule has 1 saturated carbocycles. The van der Waals surface area contributed by atoms with Crippen LogP contribution in [0.15, 0.2) is 17.6 Å². The molecule has 1 heterocycles. The molecule has 0 radical (unpaired) electrons. The predicted molar refractivity (Wildman–Crippen MR) is 67.7 cm³/mol. The zero-order chi connectivity index (χ0) is 12.3. The molecular formula is C12H16N4S. The SMILES string of the molecule is CNC1(C#N)CCC(Sc2ncc(C)cn2)C1. The van der Waals surface area contributed by atoms with Crippen molar-refractivity contribution in [2.75, 3.05) is 7.05 Å². The fraction of sp³-hybridized carbons (Fsp3) is 0.583. The summed E-state index contributed by atoms with van der Waals surface area (Å²) in [6.45, 7) is 1.98. The molecule has 2 rings (SSSR count). The van der Waals surface area contributed by atoms with Gasteiger partial charge in [0.2, 0.25) is 0 Å². The number of nitrogens with one attached hydrogen (secondary N) is 1. The highest BCUT2D eigenvalue weighted by Gasteiger charge is 2.38. The van der Waals surface area contributed by atoms with E-state index in [2.05, 4.69) is 21.4 Å². The van der Waals surface area contributed by atoms with E-state index in [0.29, 0.717) is 5.25 Å². The van der Waals surface area contributed by atoms with Crippen LogP contribution in [0.25, 0.3) is 0 Å². The number of thioether (sulfide) groups is 1. The predicted octanol–water partition coefficient (Wildman–Crippen LogP) is 1.91. The van der Waals surface area contributed by atoms with E-state index >= 15 is 0 Å². The smallest absolute Gasteiger partial charge is 0.187 e. The van der Waals surface area contributed by atoms with Crippen molar-refractivity contribution in [1.29, 1.82) is 5.26 Å². The zero-order valence-electron chi connectivity index (χ0n) is 10.1. The Bertz CT molecular complexity index is 425. The van der Waals surface area contributed by atoms with Crippen molar-refractivity contribution in [2.45, 2.75) is 42.1 Å². The quantitative estimate of drug-likeness (QED) is 0.828. The maximum absolute atomic E-state index is 9.18. The normalized spacial score (nSPS) is 27.9. The van der Waals surface area contributed by atoms with E-state index in [9.17, 15) is 5.26 Å². The Morgan fingerprint density at radius 3 is 2.76 bits per heavy atom. The van der Waals surface area contributed by atoms with E-state index < -0.39 is 0 Å². The second-order valence-corrected chi connectivity index (χ2v) is 5.74. The maximum Gasteiger partial charge on any atom is 0.187 e. The fourth-order valence-electron chi connectivity index (χ4n) is 2.08. The molecule has 4 nitrogen and oxygen atoms in total. The molecule has 0 amide bonds. The molecule has 0 bridgehead atoms. The molecule has 90 valence electrons. The summed E-state index contributed by atoms with van der Waals surface area (Å²) in [7, 11) is 1.86. The lowest BCUT2D eigenvalue weighted by Gasteiger charge is -2.19. The van der Waals surface area contributed by atoms with Gasteiger partial charge in [0.1, 0.15) is 5.54 Å². The van der Waals surface area contributed by atoms with Gasteiger partial charge in [-0.2, -0.15) is 5.26 Å². The number of aromatic nitrogens is 2. The van der Waals surface area contributed by atoms with Gasteiger partial charge in [-0.3, -0.25) is 0 Å². The van der Waals surface area contributed by atoms with Gasteiger partial charge in [-0.25, -0.2) is 9.97 Å². The molecule has 1 aliphatic rings. The van der Waals surface area contributed by atoms with Crippen LogP contribution < -0.4 is 5.32 Å². The fourth-order valence-corrected chi connectivity index (χ4v) is 3.20. The van der Waals surface area contributed by atoms with Gasteiger partial charge in [0.15, 0.2) is 5.16 Å². The van der Waals surface area contributed by atoms with Gasteiger partial charge in [-0.15, -0.1) is 0 Å². The molecule has 0 aliphatic heterocycles. The minimum atomic E-state index is -0.345. The second-order valence-electron chi connectivity index (χ2n) is 4.47. The third-order valence-corrected chi connectivity index (χ3v) is 4.35. The first-order valence-electron chi connectivity index (χ1n) is 5.73. The average molecular weight is 248 g/mol. The first-order chi connectivity index (χ1) is 8.17. The van der Waals surface area contributed by atoms with Gasteiger partial charge in [0.05, 0.1) is 6.07 Å². The largest absolute Gasteiger partial charge is 0.302 e. The Morgan fingerprint density at radius 2 is 2.24 bits per heavy atom. The summed E-state index contributed by atoms with van der Waals surface area (Å²) in [5, 5.41) is 13.6. The van der Waals surface area contributed by atoms with Gasteiger partial charge in [0, 0.05) is 17.6 Å². The lowest BCUT2D eigenvalue weighted by molar-refractivity contribution is 0.464. The number of nitrogens with zero attached hydrogens (tertiary/aromatic N) is 3. The molecule has 1 aromatic rings. The van der Waals surface area contributed by atoms with Crippen LogP contribution in [-0.4, -0.2) is 27.8 Å². The van der Waals surface area contributed by atoms with Gasteiger partial charge < -0.3 is 5.32 Å². The van der Waals surface area contributed by atoms with Crippen LogP contribution >= 0.6 is 11.8 Å². The molecule has 0 spiro atoms. The van der Waals surface area contributed by atoms with E-state index in [1.165, 1.54) is 0 Å². The summed E-state index contributed by atoms with van der Waals surface area (Å²) in [5.41, 5.74) is 0.727. The number of aryl methyl sites for hydroxylation is 1. The third kappa shape index (κ3) is 2.76. The van der Waals surface area contributed by atoms with Crippen LogP contribution in [0.2, 0.25) is 0 Å². The van der Waals surface area contributed by atoms with Gasteiger partial charge in [-0.1, -0.05) is 11.8 Å². The summed E-state index contributed by atoms with van der Waals surface area (Å²) in [4.78, 5) is 8.58. The van der Waals surface area contributed by atoms with Crippen LogP contribution in [0.1, 0.15) is 24.8 Å². The topological polar surface area (TPSA) is 61.6 Å². The molecule has 0 aromatic carbocycles. The summed E-state index contributed by atoms with van der Waals surface area (Å²) in [6.07, 6.45) is 6.47. The molecule has 2 atom stereocenters. The standard InChI is InChI=1S/C12H16N4S/c1-9-6-15-11(16-7-9)17-10-3-4-12(5-10,8-13)14-2/h6-7,10,14H,3-5H2,1-2H3. The molecule has 1 fully saturated rings. The molecule has 1 N–H and O–H groups in total. The van der Waals surface area contributed by atoms with Crippen molar-refractivity contribution in [1.82, 2.24) is 15.3 Å².